The molecule has 2 saturated heterocycles. The fourth-order valence-corrected chi connectivity index (χ4v) is 4.48. The fraction of sp³-hybridized carbons (Fsp3) is 0.941. The second-order valence-corrected chi connectivity index (χ2v) is 7.47. The summed E-state index contributed by atoms with van der Waals surface area (Å²) in [5.41, 5.74) is -1.07. The van der Waals surface area contributed by atoms with Gasteiger partial charge in [0.15, 0.2) is 0 Å². The first-order valence-electron chi connectivity index (χ1n) is 9.11. The average Bonchev–Trinajstić information content (AvgIpc) is 3.09. The zero-order valence-electron chi connectivity index (χ0n) is 13.7. The third-order valence-corrected chi connectivity index (χ3v) is 5.84. The number of amides is 1. The molecule has 0 radical (unpaired) electrons. The van der Waals surface area contributed by atoms with Gasteiger partial charge in [0.25, 0.3) is 0 Å². The minimum absolute atomic E-state index is 0.160. The summed E-state index contributed by atoms with van der Waals surface area (Å²) in [6.45, 7) is 4.05. The lowest BCUT2D eigenvalue weighted by Gasteiger charge is -2.44. The Kier molecular flexibility index (Phi) is 5.05. The van der Waals surface area contributed by atoms with Gasteiger partial charge in [-0.2, -0.15) is 0 Å². The number of likely N-dealkylation sites (tertiary alicyclic amines) is 1. The van der Waals surface area contributed by atoms with Crippen LogP contribution in [0.1, 0.15) is 57.8 Å². The summed E-state index contributed by atoms with van der Waals surface area (Å²) in [6.07, 6.45) is 9.68. The van der Waals surface area contributed by atoms with Gasteiger partial charge >= 0.3 is 0 Å². The van der Waals surface area contributed by atoms with Gasteiger partial charge in [0, 0.05) is 13.1 Å². The highest BCUT2D eigenvalue weighted by atomic mass is 16.3. The van der Waals surface area contributed by atoms with Crippen LogP contribution in [0.25, 0.3) is 0 Å². The first kappa shape index (κ1) is 16.2. The normalized spacial score (nSPS) is 32.8. The van der Waals surface area contributed by atoms with Crippen LogP contribution < -0.4 is 10.6 Å². The number of aliphatic hydroxyl groups is 1. The number of hydrogen-bond acceptors (Lipinski definition) is 4. The van der Waals surface area contributed by atoms with Gasteiger partial charge in [-0.15, -0.1) is 0 Å². The number of nitrogens with one attached hydrogen (secondary N) is 2. The molecule has 3 N–H and O–H groups in total. The van der Waals surface area contributed by atoms with Crippen LogP contribution in [0.3, 0.4) is 0 Å². The number of carbonyl (C=O) groups is 1. The van der Waals surface area contributed by atoms with Crippen molar-refractivity contribution >= 4 is 5.91 Å². The van der Waals surface area contributed by atoms with Gasteiger partial charge in [0.1, 0.15) is 5.54 Å². The lowest BCUT2D eigenvalue weighted by molar-refractivity contribution is -0.136. The van der Waals surface area contributed by atoms with Crippen molar-refractivity contribution in [3.63, 3.8) is 0 Å². The molecule has 1 unspecified atom stereocenters. The molecule has 1 atom stereocenters. The molecule has 22 heavy (non-hydrogen) atoms. The number of piperidine rings is 1. The molecule has 3 aliphatic rings. The Bertz CT molecular complexity index is 381. The fourth-order valence-electron chi connectivity index (χ4n) is 4.48. The summed E-state index contributed by atoms with van der Waals surface area (Å²) in [7, 11) is 0. The first-order valence-corrected chi connectivity index (χ1v) is 9.11. The van der Waals surface area contributed by atoms with Crippen molar-refractivity contribution in [3.8, 4) is 0 Å². The molecule has 0 spiro atoms. The minimum Gasteiger partial charge on any atom is -0.387 e. The van der Waals surface area contributed by atoms with E-state index in [2.05, 4.69) is 15.5 Å². The number of rotatable bonds is 4. The van der Waals surface area contributed by atoms with E-state index >= 15 is 0 Å². The summed E-state index contributed by atoms with van der Waals surface area (Å²) in [6, 6.07) is 0. The molecule has 126 valence electrons. The molecule has 0 aromatic carbocycles. The minimum atomic E-state index is -0.769. The Morgan fingerprint density at radius 1 is 1.05 bits per heavy atom. The Balaban J connectivity index is 1.64. The molecule has 0 aromatic heterocycles. The van der Waals surface area contributed by atoms with Gasteiger partial charge in [-0.05, 0) is 58.2 Å². The van der Waals surface area contributed by atoms with Crippen LogP contribution >= 0.6 is 0 Å². The molecule has 5 heteroatoms. The predicted octanol–water partition coefficient (Wildman–Crippen LogP) is 1.02. The van der Waals surface area contributed by atoms with E-state index in [4.69, 9.17) is 0 Å². The summed E-state index contributed by atoms with van der Waals surface area (Å²) >= 11 is 0. The number of β-amino-alcohol motifs (C(OH)–C–C–N with tert-alkyl or cyclic N) is 1. The Hall–Kier alpha value is -0.650. The van der Waals surface area contributed by atoms with Crippen LogP contribution in [0, 0.1) is 0 Å². The molecular weight excluding hydrogens is 278 g/mol. The molecule has 1 saturated carbocycles. The van der Waals surface area contributed by atoms with Crippen LogP contribution in [0.15, 0.2) is 0 Å². The second kappa shape index (κ2) is 6.85. The third kappa shape index (κ3) is 3.31. The van der Waals surface area contributed by atoms with Crippen LogP contribution in [-0.2, 0) is 4.79 Å². The standard InChI is InChI=1S/C17H31N3O2/c21-15(19-14-16(22)7-6-10-18-13-16)17(8-2-1-3-9-17)20-11-4-5-12-20/h18,22H,1-14H2,(H,19,21). The summed E-state index contributed by atoms with van der Waals surface area (Å²) in [5.74, 6) is 0.160. The third-order valence-electron chi connectivity index (χ3n) is 5.84. The molecule has 1 amide bonds. The number of nitrogens with zero attached hydrogens (tertiary/aromatic N) is 1. The van der Waals surface area contributed by atoms with Crippen molar-refractivity contribution in [2.24, 2.45) is 0 Å². The van der Waals surface area contributed by atoms with Crippen LogP contribution in [0.5, 0.6) is 0 Å². The van der Waals surface area contributed by atoms with Gasteiger partial charge in [-0.1, -0.05) is 19.3 Å². The van der Waals surface area contributed by atoms with E-state index < -0.39 is 5.60 Å². The van der Waals surface area contributed by atoms with Crippen molar-refractivity contribution in [1.82, 2.24) is 15.5 Å². The van der Waals surface area contributed by atoms with Crippen LogP contribution in [0.2, 0.25) is 0 Å². The molecular formula is C17H31N3O2. The molecule has 2 heterocycles. The highest BCUT2D eigenvalue weighted by molar-refractivity contribution is 5.86. The van der Waals surface area contributed by atoms with Gasteiger partial charge in [0.2, 0.25) is 5.91 Å². The summed E-state index contributed by atoms with van der Waals surface area (Å²) < 4.78 is 0. The highest BCUT2D eigenvalue weighted by Gasteiger charge is 2.45. The molecule has 0 aromatic rings. The van der Waals surface area contributed by atoms with Crippen molar-refractivity contribution in [1.29, 1.82) is 0 Å². The second-order valence-electron chi connectivity index (χ2n) is 7.47. The zero-order chi connectivity index (χ0) is 15.5. The SMILES string of the molecule is O=C(NCC1(O)CCCNC1)C1(N2CCCC2)CCCCC1. The van der Waals surface area contributed by atoms with E-state index in [1.54, 1.807) is 0 Å². The van der Waals surface area contributed by atoms with Gasteiger partial charge < -0.3 is 15.7 Å². The monoisotopic (exact) mass is 309 g/mol. The smallest absolute Gasteiger partial charge is 0.240 e. The topological polar surface area (TPSA) is 64.6 Å². The summed E-state index contributed by atoms with van der Waals surface area (Å²) in [5, 5.41) is 16.9. The van der Waals surface area contributed by atoms with E-state index in [0.717, 1.165) is 58.2 Å². The average molecular weight is 309 g/mol. The van der Waals surface area contributed by atoms with Crippen molar-refractivity contribution < 1.29 is 9.90 Å². The van der Waals surface area contributed by atoms with Crippen molar-refractivity contribution in [3.05, 3.63) is 0 Å². The molecule has 0 bridgehead atoms. The van der Waals surface area contributed by atoms with E-state index in [1.807, 2.05) is 0 Å². The molecule has 3 fully saturated rings. The maximum atomic E-state index is 13.0. The van der Waals surface area contributed by atoms with E-state index in [9.17, 15) is 9.90 Å². The van der Waals surface area contributed by atoms with Crippen LogP contribution in [0.4, 0.5) is 0 Å². The predicted molar refractivity (Wildman–Crippen MR) is 86.7 cm³/mol. The Morgan fingerprint density at radius 3 is 2.41 bits per heavy atom. The van der Waals surface area contributed by atoms with E-state index in [-0.39, 0.29) is 11.4 Å². The maximum Gasteiger partial charge on any atom is 0.240 e. The Morgan fingerprint density at radius 2 is 1.77 bits per heavy atom. The van der Waals surface area contributed by atoms with Crippen LogP contribution in [-0.4, -0.2) is 59.8 Å². The Labute approximate surface area is 133 Å². The zero-order valence-corrected chi connectivity index (χ0v) is 13.7. The lowest BCUT2D eigenvalue weighted by Crippen LogP contribution is -2.61. The lowest BCUT2D eigenvalue weighted by atomic mass is 9.79. The van der Waals surface area contributed by atoms with E-state index in [1.165, 1.54) is 19.3 Å². The number of carbonyl (C=O) groups excluding carboxylic acids is 1. The molecule has 2 aliphatic heterocycles. The van der Waals surface area contributed by atoms with E-state index in [0.29, 0.717) is 13.1 Å². The highest BCUT2D eigenvalue weighted by Crippen LogP contribution is 2.36. The van der Waals surface area contributed by atoms with Gasteiger partial charge in [-0.3, -0.25) is 9.69 Å². The largest absolute Gasteiger partial charge is 0.387 e. The quantitative estimate of drug-likeness (QED) is 0.725. The molecule has 5 nitrogen and oxygen atoms in total. The van der Waals surface area contributed by atoms with Crippen molar-refractivity contribution in [2.75, 3.05) is 32.7 Å². The van der Waals surface area contributed by atoms with Gasteiger partial charge in [0.05, 0.1) is 5.60 Å². The maximum absolute atomic E-state index is 13.0. The van der Waals surface area contributed by atoms with Gasteiger partial charge in [-0.25, -0.2) is 0 Å². The number of hydrogen-bond donors (Lipinski definition) is 3. The molecule has 1 aliphatic carbocycles. The molecule has 3 rings (SSSR count). The summed E-state index contributed by atoms with van der Waals surface area (Å²) in [4.78, 5) is 15.4. The van der Waals surface area contributed by atoms with Crippen molar-refractivity contribution in [2.45, 2.75) is 68.9 Å². The first-order chi connectivity index (χ1) is 10.6.